The van der Waals surface area contributed by atoms with Gasteiger partial charge in [0.2, 0.25) is 0 Å². The van der Waals surface area contributed by atoms with Gasteiger partial charge in [-0.15, -0.1) is 0 Å². The van der Waals surface area contributed by atoms with Crippen molar-refractivity contribution in [3.05, 3.63) is 53.6 Å². The number of rotatable bonds is 3. The molecule has 2 heterocycles. The van der Waals surface area contributed by atoms with E-state index in [9.17, 15) is 18.7 Å². The van der Waals surface area contributed by atoms with Crippen LogP contribution < -0.4 is 4.90 Å². The summed E-state index contributed by atoms with van der Waals surface area (Å²) >= 11 is 0. The maximum atomic E-state index is 14.5. The average molecular weight is 383 g/mol. The molecule has 5 nitrogen and oxygen atoms in total. The first-order valence-electron chi connectivity index (χ1n) is 9.21. The van der Waals surface area contributed by atoms with Gasteiger partial charge in [-0.1, -0.05) is 0 Å². The molecule has 0 radical (unpaired) electrons. The van der Waals surface area contributed by atoms with Gasteiger partial charge in [0.05, 0.1) is 16.6 Å². The lowest BCUT2D eigenvalue weighted by Gasteiger charge is -2.35. The lowest BCUT2D eigenvalue weighted by Crippen LogP contribution is -2.38. The minimum atomic E-state index is -1.05. The van der Waals surface area contributed by atoms with Crippen LogP contribution in [0, 0.1) is 11.6 Å². The van der Waals surface area contributed by atoms with Crippen molar-refractivity contribution in [3.8, 4) is 11.3 Å². The minimum absolute atomic E-state index is 0.111. The van der Waals surface area contributed by atoms with Gasteiger partial charge in [0.1, 0.15) is 17.3 Å². The van der Waals surface area contributed by atoms with Crippen molar-refractivity contribution in [3.63, 3.8) is 0 Å². The third-order valence-electron chi connectivity index (χ3n) is 5.15. The van der Waals surface area contributed by atoms with E-state index in [1.807, 2.05) is 0 Å². The number of carboxylic acids is 1. The van der Waals surface area contributed by atoms with E-state index in [0.717, 1.165) is 31.9 Å². The van der Waals surface area contributed by atoms with Gasteiger partial charge in [-0.3, -0.25) is 0 Å². The molecule has 3 aromatic rings. The van der Waals surface area contributed by atoms with E-state index in [1.165, 1.54) is 24.3 Å². The lowest BCUT2D eigenvalue weighted by atomic mass is 10.0. The fourth-order valence-electron chi connectivity index (χ4n) is 3.65. The standard InChI is InChI=1S/C21H19F2N3O2/c1-12-4-2-3-9-26(12)20-19(15-7-6-14(22)11-16(15)23)24-17-8-5-13(21(27)28)10-18(17)25-20/h5-8,10-12H,2-4,9H2,1H3,(H,27,28)/t12-/m0/s1. The van der Waals surface area contributed by atoms with Crippen LogP contribution in [0.15, 0.2) is 36.4 Å². The number of aromatic carboxylic acids is 1. The summed E-state index contributed by atoms with van der Waals surface area (Å²) < 4.78 is 28.0. The monoisotopic (exact) mass is 383 g/mol. The van der Waals surface area contributed by atoms with Crippen LogP contribution >= 0.6 is 0 Å². The highest BCUT2D eigenvalue weighted by atomic mass is 19.1. The van der Waals surface area contributed by atoms with Crippen LogP contribution in [0.4, 0.5) is 14.6 Å². The molecule has 1 N–H and O–H groups in total. The molecule has 1 saturated heterocycles. The predicted molar refractivity (Wildman–Crippen MR) is 103 cm³/mol. The van der Waals surface area contributed by atoms with Crippen molar-refractivity contribution in [1.82, 2.24) is 9.97 Å². The number of hydrogen-bond acceptors (Lipinski definition) is 4. The number of anilines is 1. The molecular weight excluding hydrogens is 364 g/mol. The third kappa shape index (κ3) is 3.28. The SMILES string of the molecule is C[C@H]1CCCCN1c1nc2cc(C(=O)O)ccc2nc1-c1ccc(F)cc1F. The topological polar surface area (TPSA) is 66.3 Å². The van der Waals surface area contributed by atoms with Crippen molar-refractivity contribution in [2.24, 2.45) is 0 Å². The Bertz CT molecular complexity index is 1070. The predicted octanol–water partition coefficient (Wildman–Crippen LogP) is 4.65. The molecule has 7 heteroatoms. The van der Waals surface area contributed by atoms with Gasteiger partial charge in [0.25, 0.3) is 0 Å². The van der Waals surface area contributed by atoms with Gasteiger partial charge in [0, 0.05) is 24.2 Å². The van der Waals surface area contributed by atoms with Crippen LogP contribution in [0.2, 0.25) is 0 Å². The van der Waals surface area contributed by atoms with E-state index < -0.39 is 17.6 Å². The second-order valence-electron chi connectivity index (χ2n) is 7.07. The Kier molecular flexibility index (Phi) is 4.66. The molecule has 4 rings (SSSR count). The normalized spacial score (nSPS) is 17.1. The first-order chi connectivity index (χ1) is 13.4. The molecule has 0 spiro atoms. The van der Waals surface area contributed by atoms with Crippen molar-refractivity contribution in [1.29, 1.82) is 0 Å². The smallest absolute Gasteiger partial charge is 0.335 e. The fraction of sp³-hybridized carbons (Fsp3) is 0.286. The van der Waals surface area contributed by atoms with Gasteiger partial charge in [-0.25, -0.2) is 23.5 Å². The Morgan fingerprint density at radius 3 is 2.64 bits per heavy atom. The zero-order chi connectivity index (χ0) is 19.8. The van der Waals surface area contributed by atoms with Crippen molar-refractivity contribution in [2.45, 2.75) is 32.2 Å². The highest BCUT2D eigenvalue weighted by Crippen LogP contribution is 2.35. The summed E-state index contributed by atoms with van der Waals surface area (Å²) in [6.07, 6.45) is 3.05. The molecular formula is C21H19F2N3O2. The first kappa shape index (κ1) is 18.3. The first-order valence-corrected chi connectivity index (χ1v) is 9.21. The molecule has 1 aliphatic rings. The maximum Gasteiger partial charge on any atom is 0.335 e. The van der Waals surface area contributed by atoms with Gasteiger partial charge in [0.15, 0.2) is 5.82 Å². The Balaban J connectivity index is 1.96. The Labute approximate surface area is 160 Å². The summed E-state index contributed by atoms with van der Waals surface area (Å²) in [5.74, 6) is -1.92. The fourth-order valence-corrected chi connectivity index (χ4v) is 3.65. The molecule has 2 aromatic carbocycles. The number of piperidine rings is 1. The number of fused-ring (bicyclic) bond motifs is 1. The zero-order valence-electron chi connectivity index (χ0n) is 15.3. The molecule has 144 valence electrons. The van der Waals surface area contributed by atoms with E-state index in [-0.39, 0.29) is 17.2 Å². The highest BCUT2D eigenvalue weighted by molar-refractivity contribution is 5.93. The summed E-state index contributed by atoms with van der Waals surface area (Å²) in [5.41, 5.74) is 1.50. The number of carbonyl (C=O) groups is 1. The van der Waals surface area contributed by atoms with Crippen LogP contribution in [-0.4, -0.2) is 33.6 Å². The van der Waals surface area contributed by atoms with Crippen molar-refractivity contribution < 1.29 is 18.7 Å². The molecule has 0 saturated carbocycles. The molecule has 0 bridgehead atoms. The van der Waals surface area contributed by atoms with E-state index >= 15 is 0 Å². The van der Waals surface area contributed by atoms with E-state index in [4.69, 9.17) is 0 Å². The molecule has 0 amide bonds. The molecule has 28 heavy (non-hydrogen) atoms. The minimum Gasteiger partial charge on any atom is -0.478 e. The Morgan fingerprint density at radius 1 is 1.11 bits per heavy atom. The molecule has 0 aliphatic carbocycles. The summed E-state index contributed by atoms with van der Waals surface area (Å²) in [7, 11) is 0. The summed E-state index contributed by atoms with van der Waals surface area (Å²) in [4.78, 5) is 22.6. The molecule has 1 fully saturated rings. The Hall–Kier alpha value is -3.09. The summed E-state index contributed by atoms with van der Waals surface area (Å²) in [5, 5.41) is 9.26. The second kappa shape index (κ2) is 7.14. The lowest BCUT2D eigenvalue weighted by molar-refractivity contribution is 0.0697. The molecule has 1 aliphatic heterocycles. The molecule has 1 aromatic heterocycles. The molecule has 0 unspecified atom stereocenters. The number of carboxylic acid groups (broad SMARTS) is 1. The number of benzene rings is 2. The van der Waals surface area contributed by atoms with Crippen molar-refractivity contribution in [2.75, 3.05) is 11.4 Å². The van der Waals surface area contributed by atoms with Crippen LogP contribution in [0.5, 0.6) is 0 Å². The van der Waals surface area contributed by atoms with Crippen LogP contribution in [0.1, 0.15) is 36.5 Å². The summed E-state index contributed by atoms with van der Waals surface area (Å²) in [6.45, 7) is 2.82. The van der Waals surface area contributed by atoms with Gasteiger partial charge in [-0.05, 0) is 56.5 Å². The number of nitrogens with zero attached hydrogens (tertiary/aromatic N) is 3. The van der Waals surface area contributed by atoms with Crippen LogP contribution in [-0.2, 0) is 0 Å². The number of halogens is 2. The zero-order valence-corrected chi connectivity index (χ0v) is 15.3. The van der Waals surface area contributed by atoms with E-state index in [1.54, 1.807) is 6.07 Å². The average Bonchev–Trinajstić information content (AvgIpc) is 2.67. The highest BCUT2D eigenvalue weighted by Gasteiger charge is 2.25. The largest absolute Gasteiger partial charge is 0.478 e. The van der Waals surface area contributed by atoms with Crippen LogP contribution in [0.3, 0.4) is 0 Å². The van der Waals surface area contributed by atoms with E-state index in [2.05, 4.69) is 21.8 Å². The van der Waals surface area contributed by atoms with E-state index in [0.29, 0.717) is 22.5 Å². The van der Waals surface area contributed by atoms with Crippen molar-refractivity contribution >= 4 is 22.8 Å². The van der Waals surface area contributed by atoms with Gasteiger partial charge in [-0.2, -0.15) is 0 Å². The van der Waals surface area contributed by atoms with Crippen LogP contribution in [0.25, 0.3) is 22.3 Å². The number of hydrogen-bond donors (Lipinski definition) is 1. The quantitative estimate of drug-likeness (QED) is 0.713. The number of aromatic nitrogens is 2. The maximum absolute atomic E-state index is 14.5. The second-order valence-corrected chi connectivity index (χ2v) is 7.07. The third-order valence-corrected chi connectivity index (χ3v) is 5.15. The van der Waals surface area contributed by atoms with Gasteiger partial charge >= 0.3 is 5.97 Å². The molecule has 1 atom stereocenters. The summed E-state index contributed by atoms with van der Waals surface area (Å²) in [6, 6.07) is 8.04. The Morgan fingerprint density at radius 2 is 1.93 bits per heavy atom. The van der Waals surface area contributed by atoms with Gasteiger partial charge < -0.3 is 10.0 Å².